The van der Waals surface area contributed by atoms with Crippen LogP contribution >= 0.6 is 11.6 Å². The third-order valence-electron chi connectivity index (χ3n) is 2.76. The van der Waals surface area contributed by atoms with Crippen molar-refractivity contribution in [3.05, 3.63) is 52.9 Å². The molecule has 1 atom stereocenters. The van der Waals surface area contributed by atoms with E-state index in [1.165, 1.54) is 12.4 Å². The average molecular weight is 289 g/mol. The molecule has 2 rings (SSSR count). The minimum absolute atomic E-state index is 0.192. The van der Waals surface area contributed by atoms with Crippen molar-refractivity contribution < 1.29 is 4.74 Å². The lowest BCUT2D eigenvalue weighted by molar-refractivity contribution is 0.114. The molecule has 0 aliphatic rings. The molecular weight excluding hydrogens is 276 g/mol. The van der Waals surface area contributed by atoms with Crippen molar-refractivity contribution in [3.63, 3.8) is 0 Å². The van der Waals surface area contributed by atoms with E-state index < -0.39 is 0 Å². The summed E-state index contributed by atoms with van der Waals surface area (Å²) in [5, 5.41) is 12.7. The molecule has 2 aromatic rings. The van der Waals surface area contributed by atoms with Gasteiger partial charge in [-0.05, 0) is 17.7 Å². The van der Waals surface area contributed by atoms with E-state index in [2.05, 4.69) is 15.3 Å². The fraction of sp³-hybridized carbons (Fsp3) is 0.214. The summed E-state index contributed by atoms with van der Waals surface area (Å²) < 4.78 is 5.43. The number of ether oxygens (including phenoxy) is 1. The van der Waals surface area contributed by atoms with Gasteiger partial charge in [-0.15, -0.1) is 0 Å². The molecule has 0 saturated heterocycles. The van der Waals surface area contributed by atoms with Crippen molar-refractivity contribution in [2.45, 2.75) is 6.10 Å². The number of aromatic nitrogens is 2. The first-order valence-electron chi connectivity index (χ1n) is 5.98. The largest absolute Gasteiger partial charge is 0.375 e. The molecule has 0 spiro atoms. The smallest absolute Gasteiger partial charge is 0.182 e. The fourth-order valence-electron chi connectivity index (χ4n) is 1.78. The Kier molecular flexibility index (Phi) is 4.88. The molecule has 6 heteroatoms. The number of hydrogen-bond donors (Lipinski definition) is 1. The van der Waals surface area contributed by atoms with Crippen LogP contribution in [0.3, 0.4) is 0 Å². The molecule has 1 aromatic heterocycles. The monoisotopic (exact) mass is 288 g/mol. The summed E-state index contributed by atoms with van der Waals surface area (Å²) in [7, 11) is 1.62. The first-order chi connectivity index (χ1) is 9.74. The number of anilines is 1. The molecule has 0 bridgehead atoms. The Hall–Kier alpha value is -2.16. The lowest BCUT2D eigenvalue weighted by Crippen LogP contribution is -2.16. The zero-order valence-corrected chi connectivity index (χ0v) is 11.6. The number of nitriles is 1. The van der Waals surface area contributed by atoms with Crippen LogP contribution in [0.1, 0.15) is 17.4 Å². The molecule has 0 radical (unpaired) electrons. The Morgan fingerprint density at radius 1 is 1.40 bits per heavy atom. The Balaban J connectivity index is 2.10. The quantitative estimate of drug-likeness (QED) is 0.916. The van der Waals surface area contributed by atoms with Gasteiger partial charge in [0.1, 0.15) is 6.07 Å². The number of hydrogen-bond acceptors (Lipinski definition) is 5. The third kappa shape index (κ3) is 3.44. The van der Waals surface area contributed by atoms with Crippen LogP contribution < -0.4 is 5.32 Å². The van der Waals surface area contributed by atoms with Crippen LogP contribution in [-0.2, 0) is 4.74 Å². The van der Waals surface area contributed by atoms with Crippen molar-refractivity contribution in [3.8, 4) is 6.07 Å². The summed E-state index contributed by atoms with van der Waals surface area (Å²) >= 11 is 5.97. The van der Waals surface area contributed by atoms with Crippen LogP contribution in [0.15, 0.2) is 36.7 Å². The van der Waals surface area contributed by atoms with E-state index in [-0.39, 0.29) is 11.8 Å². The summed E-state index contributed by atoms with van der Waals surface area (Å²) in [6.45, 7) is 0.463. The Morgan fingerprint density at radius 3 is 2.90 bits per heavy atom. The molecule has 102 valence electrons. The summed E-state index contributed by atoms with van der Waals surface area (Å²) in [6, 6.07) is 9.44. The molecule has 0 fully saturated rings. The number of halogens is 1. The Labute approximate surface area is 122 Å². The third-order valence-corrected chi connectivity index (χ3v) is 3.00. The van der Waals surface area contributed by atoms with E-state index in [0.29, 0.717) is 17.4 Å². The van der Waals surface area contributed by atoms with E-state index >= 15 is 0 Å². The van der Waals surface area contributed by atoms with Gasteiger partial charge in [-0.25, -0.2) is 9.97 Å². The first kappa shape index (κ1) is 14.3. The minimum atomic E-state index is -0.192. The first-order valence-corrected chi connectivity index (χ1v) is 6.35. The predicted molar refractivity (Wildman–Crippen MR) is 76.4 cm³/mol. The van der Waals surface area contributed by atoms with Crippen LogP contribution in [0.25, 0.3) is 0 Å². The van der Waals surface area contributed by atoms with Crippen LogP contribution in [-0.4, -0.2) is 23.6 Å². The summed E-state index contributed by atoms with van der Waals surface area (Å²) in [4.78, 5) is 8.03. The number of methoxy groups -OCH3 is 1. The van der Waals surface area contributed by atoms with E-state index in [4.69, 9.17) is 21.6 Å². The fourth-order valence-corrected chi connectivity index (χ4v) is 1.98. The molecule has 1 aromatic carbocycles. The highest BCUT2D eigenvalue weighted by Gasteiger charge is 2.12. The lowest BCUT2D eigenvalue weighted by atomic mass is 10.1. The molecule has 1 unspecified atom stereocenters. The highest BCUT2D eigenvalue weighted by atomic mass is 35.5. The highest BCUT2D eigenvalue weighted by Crippen LogP contribution is 2.21. The lowest BCUT2D eigenvalue weighted by Gasteiger charge is -2.17. The summed E-state index contributed by atoms with van der Waals surface area (Å²) in [6.07, 6.45) is 2.82. The number of benzene rings is 1. The zero-order valence-electron chi connectivity index (χ0n) is 10.9. The standard InChI is InChI=1S/C14H13ClN4O/c1-20-13(10-3-2-4-11(15)7-10)9-19-14-12(8-16)17-5-6-18-14/h2-7,13H,9H2,1H3,(H,18,19). The number of nitrogens with zero attached hydrogens (tertiary/aromatic N) is 3. The molecule has 0 amide bonds. The second-order valence-electron chi connectivity index (χ2n) is 4.03. The maximum absolute atomic E-state index is 8.95. The molecule has 1 N–H and O–H groups in total. The second-order valence-corrected chi connectivity index (χ2v) is 4.46. The van der Waals surface area contributed by atoms with Crippen molar-refractivity contribution in [1.82, 2.24) is 9.97 Å². The van der Waals surface area contributed by atoms with Gasteiger partial charge in [0.15, 0.2) is 11.5 Å². The van der Waals surface area contributed by atoms with Gasteiger partial charge in [-0.1, -0.05) is 23.7 Å². The van der Waals surface area contributed by atoms with E-state index in [9.17, 15) is 0 Å². The summed E-state index contributed by atoms with van der Waals surface area (Å²) in [5.74, 6) is 0.444. The van der Waals surface area contributed by atoms with E-state index in [1.54, 1.807) is 7.11 Å². The Bertz CT molecular complexity index is 627. The van der Waals surface area contributed by atoms with Gasteiger partial charge >= 0.3 is 0 Å². The van der Waals surface area contributed by atoms with Gasteiger partial charge in [0.05, 0.1) is 6.10 Å². The second kappa shape index (κ2) is 6.85. The van der Waals surface area contributed by atoms with Gasteiger partial charge in [-0.3, -0.25) is 0 Å². The van der Waals surface area contributed by atoms with Crippen molar-refractivity contribution in [1.29, 1.82) is 5.26 Å². The van der Waals surface area contributed by atoms with Crippen LogP contribution in [0.4, 0.5) is 5.82 Å². The molecule has 0 saturated carbocycles. The highest BCUT2D eigenvalue weighted by molar-refractivity contribution is 6.30. The molecule has 0 aliphatic carbocycles. The number of nitrogens with one attached hydrogen (secondary N) is 1. The van der Waals surface area contributed by atoms with Crippen molar-refractivity contribution in [2.24, 2.45) is 0 Å². The topological polar surface area (TPSA) is 70.8 Å². The molecule has 5 nitrogen and oxygen atoms in total. The van der Waals surface area contributed by atoms with Crippen LogP contribution in [0.5, 0.6) is 0 Å². The Morgan fingerprint density at radius 2 is 2.20 bits per heavy atom. The normalized spacial score (nSPS) is 11.7. The van der Waals surface area contributed by atoms with Gasteiger partial charge in [0.2, 0.25) is 0 Å². The average Bonchev–Trinajstić information content (AvgIpc) is 2.48. The van der Waals surface area contributed by atoms with E-state index in [1.807, 2.05) is 30.3 Å². The predicted octanol–water partition coefficient (Wildman–Crippen LogP) is 2.80. The molecular formula is C14H13ClN4O. The van der Waals surface area contributed by atoms with Gasteiger partial charge in [0.25, 0.3) is 0 Å². The SMILES string of the molecule is COC(CNc1nccnc1C#N)c1cccc(Cl)c1. The van der Waals surface area contributed by atoms with Crippen LogP contribution in [0.2, 0.25) is 5.02 Å². The molecule has 20 heavy (non-hydrogen) atoms. The van der Waals surface area contributed by atoms with Crippen molar-refractivity contribution in [2.75, 3.05) is 19.0 Å². The van der Waals surface area contributed by atoms with Gasteiger partial charge in [-0.2, -0.15) is 5.26 Å². The maximum Gasteiger partial charge on any atom is 0.182 e. The minimum Gasteiger partial charge on any atom is -0.375 e. The number of rotatable bonds is 5. The van der Waals surface area contributed by atoms with Crippen molar-refractivity contribution >= 4 is 17.4 Å². The van der Waals surface area contributed by atoms with Gasteiger partial charge < -0.3 is 10.1 Å². The van der Waals surface area contributed by atoms with E-state index in [0.717, 1.165) is 5.56 Å². The molecule has 1 heterocycles. The van der Waals surface area contributed by atoms with Crippen LogP contribution in [0, 0.1) is 11.3 Å². The summed E-state index contributed by atoms with van der Waals surface area (Å²) in [5.41, 5.74) is 1.21. The maximum atomic E-state index is 8.95. The zero-order chi connectivity index (χ0) is 14.4. The van der Waals surface area contributed by atoms with Gasteiger partial charge in [0, 0.05) is 31.1 Å². The molecule has 0 aliphatic heterocycles.